The summed E-state index contributed by atoms with van der Waals surface area (Å²) in [7, 11) is 1.70. The number of hydrogen-bond acceptors (Lipinski definition) is 4. The molecule has 0 saturated carbocycles. The number of ketones is 1. The lowest BCUT2D eigenvalue weighted by Gasteiger charge is -2.27. The normalized spacial score (nSPS) is 13.8. The Morgan fingerprint density at radius 2 is 1.89 bits per heavy atom. The van der Waals surface area contributed by atoms with Crippen molar-refractivity contribution in [2.45, 2.75) is 36.0 Å². The molecule has 0 radical (unpaired) electrons. The van der Waals surface area contributed by atoms with Gasteiger partial charge in [0.1, 0.15) is 10.8 Å². The molecule has 0 bridgehead atoms. The highest BCUT2D eigenvalue weighted by atomic mass is 35.6. The van der Waals surface area contributed by atoms with E-state index in [0.29, 0.717) is 6.42 Å². The third-order valence-corrected chi connectivity index (χ3v) is 6.30. The molecular weight excluding hydrogens is 427 g/mol. The number of likely N-dealkylation sites (N-methyl/N-ethyl adjacent to an activating group) is 1. The first kappa shape index (κ1) is 22.2. The molecule has 0 N–H and O–H groups in total. The first-order chi connectivity index (χ1) is 12.7. The number of aromatic nitrogens is 1. The number of benzene rings is 1. The molecule has 0 aliphatic heterocycles. The topological polar surface area (TPSA) is 50.3 Å². The van der Waals surface area contributed by atoms with Crippen LogP contribution >= 0.6 is 46.1 Å². The number of carbonyl (C=O) groups is 2. The van der Waals surface area contributed by atoms with Crippen molar-refractivity contribution in [2.24, 2.45) is 5.92 Å². The fourth-order valence-electron chi connectivity index (χ4n) is 2.62. The van der Waals surface area contributed by atoms with Crippen LogP contribution in [0, 0.1) is 5.92 Å². The molecule has 0 aliphatic rings. The minimum Gasteiger partial charge on any atom is -0.336 e. The van der Waals surface area contributed by atoms with Gasteiger partial charge in [0.25, 0.3) is 0 Å². The Balaban J connectivity index is 2.07. The van der Waals surface area contributed by atoms with E-state index in [1.807, 2.05) is 35.7 Å². The van der Waals surface area contributed by atoms with Crippen LogP contribution in [0.1, 0.15) is 36.4 Å². The summed E-state index contributed by atoms with van der Waals surface area (Å²) in [6.07, 6.45) is 2.15. The summed E-state index contributed by atoms with van der Waals surface area (Å²) in [5.74, 6) is -0.983. The van der Waals surface area contributed by atoms with E-state index in [-0.39, 0.29) is 30.6 Å². The number of alkyl halides is 3. The smallest absolute Gasteiger partial charge is 0.230 e. The van der Waals surface area contributed by atoms with Crippen LogP contribution in [-0.4, -0.2) is 32.4 Å². The molecule has 0 fully saturated rings. The zero-order valence-electron chi connectivity index (χ0n) is 15.1. The largest absolute Gasteiger partial charge is 0.336 e. The van der Waals surface area contributed by atoms with Gasteiger partial charge in [0, 0.05) is 31.0 Å². The summed E-state index contributed by atoms with van der Waals surface area (Å²) >= 11 is 18.9. The molecule has 1 amide bonds. The van der Waals surface area contributed by atoms with Gasteiger partial charge in [0.2, 0.25) is 5.91 Å². The van der Waals surface area contributed by atoms with Gasteiger partial charge in [-0.25, -0.2) is 4.98 Å². The van der Waals surface area contributed by atoms with Crippen molar-refractivity contribution in [3.63, 3.8) is 0 Å². The second-order valence-electron chi connectivity index (χ2n) is 6.44. The Hall–Kier alpha value is -1.14. The molecule has 1 aromatic carbocycles. The van der Waals surface area contributed by atoms with E-state index >= 15 is 0 Å². The van der Waals surface area contributed by atoms with E-state index < -0.39 is 9.71 Å². The summed E-state index contributed by atoms with van der Waals surface area (Å²) in [4.78, 5) is 30.9. The van der Waals surface area contributed by atoms with E-state index in [9.17, 15) is 9.59 Å². The predicted octanol–water partition coefficient (Wildman–Crippen LogP) is 5.24. The number of carbonyl (C=O) groups excluding carboxylic acids is 2. The number of halogens is 3. The molecule has 1 heterocycles. The molecule has 2 unspecified atom stereocenters. The SMILES string of the molecule is CC(CC(=O)CC(=O)N(C)C(Cc1ccccc1)c1nccs1)C(Cl)(Cl)Cl. The summed E-state index contributed by atoms with van der Waals surface area (Å²) in [6.45, 7) is 1.67. The third-order valence-electron chi connectivity index (χ3n) is 4.31. The van der Waals surface area contributed by atoms with Crippen molar-refractivity contribution >= 4 is 57.8 Å². The lowest BCUT2D eigenvalue weighted by Crippen LogP contribution is -2.34. The van der Waals surface area contributed by atoms with Crippen LogP contribution in [0.25, 0.3) is 0 Å². The molecule has 2 rings (SSSR count). The first-order valence-corrected chi connectivity index (χ1v) is 10.5. The highest BCUT2D eigenvalue weighted by molar-refractivity contribution is 7.09. The number of thiazole rings is 1. The van der Waals surface area contributed by atoms with E-state index in [4.69, 9.17) is 34.8 Å². The van der Waals surface area contributed by atoms with Gasteiger partial charge in [-0.2, -0.15) is 0 Å². The Bertz CT molecular complexity index is 748. The molecule has 2 aromatic rings. The Labute approximate surface area is 178 Å². The highest BCUT2D eigenvalue weighted by Gasteiger charge is 2.32. The van der Waals surface area contributed by atoms with Gasteiger partial charge in [-0.1, -0.05) is 72.1 Å². The average molecular weight is 448 g/mol. The number of rotatable bonds is 8. The zero-order valence-corrected chi connectivity index (χ0v) is 18.2. The maximum atomic E-state index is 12.7. The van der Waals surface area contributed by atoms with E-state index in [2.05, 4.69) is 4.98 Å². The van der Waals surface area contributed by atoms with Gasteiger partial charge in [-0.3, -0.25) is 9.59 Å². The molecule has 27 heavy (non-hydrogen) atoms. The van der Waals surface area contributed by atoms with Crippen molar-refractivity contribution in [3.05, 3.63) is 52.5 Å². The average Bonchev–Trinajstić information content (AvgIpc) is 3.13. The maximum absolute atomic E-state index is 12.7. The monoisotopic (exact) mass is 446 g/mol. The molecule has 4 nitrogen and oxygen atoms in total. The lowest BCUT2D eigenvalue weighted by atomic mass is 10.0. The molecule has 0 saturated heterocycles. The van der Waals surface area contributed by atoms with Crippen molar-refractivity contribution in [3.8, 4) is 0 Å². The van der Waals surface area contributed by atoms with E-state index in [1.165, 1.54) is 11.3 Å². The van der Waals surface area contributed by atoms with Crippen LogP contribution < -0.4 is 0 Å². The fraction of sp³-hybridized carbons (Fsp3) is 0.421. The third kappa shape index (κ3) is 6.75. The number of hydrogen-bond donors (Lipinski definition) is 0. The first-order valence-electron chi connectivity index (χ1n) is 8.46. The fourth-order valence-corrected chi connectivity index (χ4v) is 3.64. The van der Waals surface area contributed by atoms with Gasteiger partial charge in [0.15, 0.2) is 3.79 Å². The summed E-state index contributed by atoms with van der Waals surface area (Å²) < 4.78 is -1.53. The maximum Gasteiger partial charge on any atom is 0.230 e. The predicted molar refractivity (Wildman–Crippen MR) is 111 cm³/mol. The van der Waals surface area contributed by atoms with Crippen molar-refractivity contribution in [2.75, 3.05) is 7.05 Å². The van der Waals surface area contributed by atoms with Crippen LogP contribution in [0.3, 0.4) is 0 Å². The summed E-state index contributed by atoms with van der Waals surface area (Å²) in [5.41, 5.74) is 1.09. The Kier molecular flexibility index (Phi) is 8.10. The van der Waals surface area contributed by atoms with Crippen molar-refractivity contribution in [1.29, 1.82) is 0 Å². The van der Waals surface area contributed by atoms with Gasteiger partial charge < -0.3 is 4.90 Å². The molecule has 1 aromatic heterocycles. The second-order valence-corrected chi connectivity index (χ2v) is 9.74. The summed E-state index contributed by atoms with van der Waals surface area (Å²) in [5, 5.41) is 2.70. The number of amides is 1. The van der Waals surface area contributed by atoms with Crippen LogP contribution in [0.4, 0.5) is 0 Å². The molecule has 8 heteroatoms. The van der Waals surface area contributed by atoms with Crippen LogP contribution in [-0.2, 0) is 16.0 Å². The number of nitrogens with zero attached hydrogens (tertiary/aromatic N) is 2. The number of Topliss-reactive ketones (excluding diaryl/α,β-unsaturated/α-hetero) is 1. The van der Waals surface area contributed by atoms with E-state index in [0.717, 1.165) is 10.6 Å². The van der Waals surface area contributed by atoms with Crippen molar-refractivity contribution < 1.29 is 9.59 Å². The second kappa shape index (κ2) is 9.87. The Morgan fingerprint density at radius 1 is 1.22 bits per heavy atom. The van der Waals surface area contributed by atoms with Crippen molar-refractivity contribution in [1.82, 2.24) is 9.88 Å². The van der Waals surface area contributed by atoms with Crippen LogP contribution in [0.5, 0.6) is 0 Å². The van der Waals surface area contributed by atoms with Gasteiger partial charge >= 0.3 is 0 Å². The lowest BCUT2D eigenvalue weighted by molar-refractivity contribution is -0.136. The molecule has 0 spiro atoms. The molecule has 2 atom stereocenters. The van der Waals surface area contributed by atoms with Gasteiger partial charge in [-0.05, 0) is 12.0 Å². The van der Waals surface area contributed by atoms with Crippen LogP contribution in [0.2, 0.25) is 0 Å². The van der Waals surface area contributed by atoms with Crippen LogP contribution in [0.15, 0.2) is 41.9 Å². The minimum atomic E-state index is -1.53. The Morgan fingerprint density at radius 3 is 2.44 bits per heavy atom. The standard InChI is InChI=1S/C19H21Cl3N2O2S/c1-13(19(20,21)22)10-15(25)12-17(26)24(2)16(18-23-8-9-27-18)11-14-6-4-3-5-7-14/h3-9,13,16H,10-12H2,1-2H3. The summed E-state index contributed by atoms with van der Waals surface area (Å²) in [6, 6.07) is 9.63. The van der Waals surface area contributed by atoms with E-state index in [1.54, 1.807) is 25.1 Å². The van der Waals surface area contributed by atoms with Gasteiger partial charge in [-0.15, -0.1) is 11.3 Å². The van der Waals surface area contributed by atoms with Gasteiger partial charge in [0.05, 0.1) is 12.5 Å². The molecule has 146 valence electrons. The molecular formula is C19H21Cl3N2O2S. The highest BCUT2D eigenvalue weighted by Crippen LogP contribution is 2.37. The minimum absolute atomic E-state index is 0.0384. The zero-order chi connectivity index (χ0) is 20.0. The quantitative estimate of drug-likeness (QED) is 0.410. The molecule has 0 aliphatic carbocycles.